The first-order valence-electron chi connectivity index (χ1n) is 7.17. The highest BCUT2D eigenvalue weighted by Gasteiger charge is 2.18. The molecule has 0 radical (unpaired) electrons. The van der Waals surface area contributed by atoms with Crippen LogP contribution in [0.3, 0.4) is 0 Å². The summed E-state index contributed by atoms with van der Waals surface area (Å²) in [4.78, 5) is 24.1. The minimum absolute atomic E-state index is 0.156. The van der Waals surface area contributed by atoms with Crippen molar-refractivity contribution in [1.82, 2.24) is 10.9 Å². The van der Waals surface area contributed by atoms with Crippen molar-refractivity contribution in [3.63, 3.8) is 0 Å². The summed E-state index contributed by atoms with van der Waals surface area (Å²) in [5.74, 6) is -1.21. The van der Waals surface area contributed by atoms with Gasteiger partial charge in [-0.1, -0.05) is 12.1 Å². The van der Waals surface area contributed by atoms with E-state index in [1.807, 2.05) is 0 Å². The van der Waals surface area contributed by atoms with E-state index in [1.54, 1.807) is 0 Å². The smallest absolute Gasteiger partial charge is 0.272 e. The Labute approximate surface area is 143 Å². The summed E-state index contributed by atoms with van der Waals surface area (Å²) in [5, 5.41) is 0. The van der Waals surface area contributed by atoms with E-state index in [0.29, 0.717) is 5.75 Å². The lowest BCUT2D eigenvalue weighted by molar-refractivity contribution is 0.0844. The van der Waals surface area contributed by atoms with Crippen LogP contribution < -0.4 is 25.1 Å². The second-order valence-electron chi connectivity index (χ2n) is 4.80. The lowest BCUT2D eigenvalue weighted by atomic mass is 10.1. The third-order valence-electron chi connectivity index (χ3n) is 3.33. The summed E-state index contributed by atoms with van der Waals surface area (Å²) in [7, 11) is 4.27. The Morgan fingerprint density at radius 3 is 1.96 bits per heavy atom. The molecule has 25 heavy (non-hydrogen) atoms. The Bertz CT molecular complexity index is 769. The van der Waals surface area contributed by atoms with Gasteiger partial charge in [0.15, 0.2) is 11.5 Å². The largest absolute Gasteiger partial charge is 0.493 e. The molecule has 0 aromatic heterocycles. The molecule has 0 spiro atoms. The number of hydrogen-bond acceptors (Lipinski definition) is 5. The molecule has 0 bridgehead atoms. The van der Waals surface area contributed by atoms with Gasteiger partial charge in [0, 0.05) is 5.56 Å². The summed E-state index contributed by atoms with van der Waals surface area (Å²) in [6, 6.07) is 8.27. The molecule has 8 heteroatoms. The van der Waals surface area contributed by atoms with E-state index in [2.05, 4.69) is 10.9 Å². The van der Waals surface area contributed by atoms with E-state index >= 15 is 0 Å². The lowest BCUT2D eigenvalue weighted by Crippen LogP contribution is -2.41. The van der Waals surface area contributed by atoms with Crippen LogP contribution in [0.15, 0.2) is 36.4 Å². The predicted molar refractivity (Wildman–Crippen MR) is 87.4 cm³/mol. The van der Waals surface area contributed by atoms with Crippen LogP contribution in [0.1, 0.15) is 20.7 Å². The summed E-state index contributed by atoms with van der Waals surface area (Å²) in [5.41, 5.74) is 4.33. The number of carbonyl (C=O) groups excluding carboxylic acids is 2. The molecule has 2 amide bonds. The van der Waals surface area contributed by atoms with Gasteiger partial charge < -0.3 is 14.2 Å². The molecule has 2 rings (SSSR count). The van der Waals surface area contributed by atoms with Crippen LogP contribution in [0, 0.1) is 5.82 Å². The number of nitrogens with one attached hydrogen (secondary N) is 2. The van der Waals surface area contributed by atoms with Crippen LogP contribution in [0.5, 0.6) is 17.2 Å². The molecule has 0 aliphatic heterocycles. The predicted octanol–water partition coefficient (Wildman–Crippen LogP) is 1.93. The zero-order valence-corrected chi connectivity index (χ0v) is 13.9. The minimum Gasteiger partial charge on any atom is -0.493 e. The summed E-state index contributed by atoms with van der Waals surface area (Å²) < 4.78 is 29.0. The number of benzene rings is 2. The molecule has 2 aromatic rings. The fourth-order valence-corrected chi connectivity index (χ4v) is 2.11. The number of hydrazine groups is 1. The van der Waals surface area contributed by atoms with Crippen molar-refractivity contribution in [2.75, 3.05) is 21.3 Å². The molecular formula is C17H17FN2O5. The zero-order valence-electron chi connectivity index (χ0n) is 13.9. The first kappa shape index (κ1) is 18.1. The molecule has 0 unspecified atom stereocenters. The monoisotopic (exact) mass is 348 g/mol. The van der Waals surface area contributed by atoms with Gasteiger partial charge in [0.1, 0.15) is 5.82 Å². The third-order valence-corrected chi connectivity index (χ3v) is 3.33. The number of rotatable bonds is 5. The fraction of sp³-hybridized carbons (Fsp3) is 0.176. The average Bonchev–Trinajstić information content (AvgIpc) is 2.64. The lowest BCUT2D eigenvalue weighted by Gasteiger charge is -2.14. The number of ether oxygens (including phenoxy) is 3. The third kappa shape index (κ3) is 3.97. The SMILES string of the molecule is COc1cc(C(=O)NNC(=O)c2ccccc2F)cc(OC)c1OC. The van der Waals surface area contributed by atoms with E-state index in [0.717, 1.165) is 6.07 Å². The van der Waals surface area contributed by atoms with Gasteiger partial charge in [0.25, 0.3) is 11.8 Å². The van der Waals surface area contributed by atoms with E-state index in [4.69, 9.17) is 14.2 Å². The van der Waals surface area contributed by atoms with Crippen LogP contribution in [0.4, 0.5) is 4.39 Å². The molecule has 0 saturated heterocycles. The fourth-order valence-electron chi connectivity index (χ4n) is 2.11. The number of amides is 2. The molecule has 132 valence electrons. The Kier molecular flexibility index (Phi) is 5.78. The van der Waals surface area contributed by atoms with Crippen LogP contribution in [-0.4, -0.2) is 33.1 Å². The van der Waals surface area contributed by atoms with Crippen LogP contribution in [-0.2, 0) is 0 Å². The van der Waals surface area contributed by atoms with Gasteiger partial charge in [-0.2, -0.15) is 0 Å². The first-order chi connectivity index (χ1) is 12.0. The molecule has 2 aromatic carbocycles. The van der Waals surface area contributed by atoms with E-state index < -0.39 is 17.6 Å². The Morgan fingerprint density at radius 2 is 1.44 bits per heavy atom. The molecule has 7 nitrogen and oxygen atoms in total. The van der Waals surface area contributed by atoms with Crippen molar-refractivity contribution in [1.29, 1.82) is 0 Å². The maximum Gasteiger partial charge on any atom is 0.272 e. The minimum atomic E-state index is -0.779. The van der Waals surface area contributed by atoms with Gasteiger partial charge in [0.05, 0.1) is 26.9 Å². The number of halogens is 1. The van der Waals surface area contributed by atoms with Crippen molar-refractivity contribution in [2.24, 2.45) is 0 Å². The number of methoxy groups -OCH3 is 3. The van der Waals surface area contributed by atoms with Gasteiger partial charge in [-0.3, -0.25) is 20.4 Å². The maximum absolute atomic E-state index is 13.5. The van der Waals surface area contributed by atoms with Gasteiger partial charge in [-0.15, -0.1) is 0 Å². The summed E-state index contributed by atoms with van der Waals surface area (Å²) >= 11 is 0. The van der Waals surface area contributed by atoms with Crippen molar-refractivity contribution < 1.29 is 28.2 Å². The highest BCUT2D eigenvalue weighted by molar-refractivity contribution is 5.99. The van der Waals surface area contributed by atoms with Gasteiger partial charge in [-0.05, 0) is 24.3 Å². The van der Waals surface area contributed by atoms with Gasteiger partial charge >= 0.3 is 0 Å². The van der Waals surface area contributed by atoms with Crippen molar-refractivity contribution in [3.05, 3.63) is 53.3 Å². The Balaban J connectivity index is 2.16. The molecule has 0 saturated carbocycles. The van der Waals surface area contributed by atoms with E-state index in [-0.39, 0.29) is 22.6 Å². The van der Waals surface area contributed by atoms with Crippen LogP contribution >= 0.6 is 0 Å². The second-order valence-corrected chi connectivity index (χ2v) is 4.80. The Morgan fingerprint density at radius 1 is 0.880 bits per heavy atom. The molecule has 0 aliphatic rings. The highest BCUT2D eigenvalue weighted by Crippen LogP contribution is 2.38. The van der Waals surface area contributed by atoms with Crippen molar-refractivity contribution in [2.45, 2.75) is 0 Å². The summed E-state index contributed by atoms with van der Waals surface area (Å²) in [6.07, 6.45) is 0. The van der Waals surface area contributed by atoms with Crippen LogP contribution in [0.25, 0.3) is 0 Å². The standard InChI is InChI=1S/C17H17FN2O5/c1-23-13-8-10(9-14(24-2)15(13)25-3)16(21)19-20-17(22)11-6-4-5-7-12(11)18/h4-9H,1-3H3,(H,19,21)(H,20,22). The first-order valence-corrected chi connectivity index (χ1v) is 7.17. The Hall–Kier alpha value is -3.29. The molecule has 0 heterocycles. The number of carbonyl (C=O) groups is 2. The number of hydrogen-bond donors (Lipinski definition) is 2. The molecule has 0 atom stereocenters. The molecule has 0 aliphatic carbocycles. The van der Waals surface area contributed by atoms with Crippen molar-refractivity contribution >= 4 is 11.8 Å². The van der Waals surface area contributed by atoms with E-state index in [1.165, 1.54) is 51.7 Å². The average molecular weight is 348 g/mol. The highest BCUT2D eigenvalue weighted by atomic mass is 19.1. The normalized spacial score (nSPS) is 9.92. The maximum atomic E-state index is 13.5. The topological polar surface area (TPSA) is 85.9 Å². The molecule has 0 fully saturated rings. The molecular weight excluding hydrogens is 331 g/mol. The van der Waals surface area contributed by atoms with Crippen molar-refractivity contribution in [3.8, 4) is 17.2 Å². The molecule has 2 N–H and O–H groups in total. The zero-order chi connectivity index (χ0) is 18.4. The van der Waals surface area contributed by atoms with Gasteiger partial charge in [-0.25, -0.2) is 4.39 Å². The second kappa shape index (κ2) is 8.00. The summed E-state index contributed by atoms with van der Waals surface area (Å²) in [6.45, 7) is 0. The van der Waals surface area contributed by atoms with E-state index in [9.17, 15) is 14.0 Å². The van der Waals surface area contributed by atoms with Crippen LogP contribution in [0.2, 0.25) is 0 Å². The van der Waals surface area contributed by atoms with Gasteiger partial charge in [0.2, 0.25) is 5.75 Å². The quantitative estimate of drug-likeness (QED) is 0.807.